The number of pyridine rings is 1. The monoisotopic (exact) mass is 424 g/mol. The number of benzene rings is 2. The van der Waals surface area contributed by atoms with Gasteiger partial charge in [0.25, 0.3) is 11.5 Å². The Kier molecular flexibility index (Phi) is 6.57. The second-order valence-corrected chi connectivity index (χ2v) is 7.53. The van der Waals surface area contributed by atoms with E-state index in [0.717, 1.165) is 0 Å². The molecule has 1 aliphatic rings. The van der Waals surface area contributed by atoms with Crippen LogP contribution in [0.15, 0.2) is 64.5 Å². The topological polar surface area (TPSA) is 103 Å². The lowest BCUT2D eigenvalue weighted by atomic mass is 9.84. The van der Waals surface area contributed by atoms with E-state index in [9.17, 15) is 9.59 Å². The molecule has 3 aromatic rings. The molecule has 4 N–H and O–H groups in total. The van der Waals surface area contributed by atoms with Crippen LogP contribution < -0.4 is 17.0 Å². The van der Waals surface area contributed by atoms with Gasteiger partial charge in [-0.3, -0.25) is 14.2 Å². The quantitative estimate of drug-likeness (QED) is 0.491. The van der Waals surface area contributed by atoms with Crippen LogP contribution in [0.4, 0.5) is 0 Å². The van der Waals surface area contributed by atoms with Gasteiger partial charge in [-0.05, 0) is 42.5 Å². The Morgan fingerprint density at radius 2 is 1.57 bits per heavy atom. The number of nitrogens with zero attached hydrogens (tertiary/aromatic N) is 2. The fourth-order valence-electron chi connectivity index (χ4n) is 4.17. The van der Waals surface area contributed by atoms with E-state index in [1.165, 1.54) is 48.4 Å². The molecule has 0 bridgehead atoms. The largest absolute Gasteiger partial charge is 0.370 e. The van der Waals surface area contributed by atoms with Gasteiger partial charge in [0.1, 0.15) is 0 Å². The normalized spacial score (nSPS) is 14.1. The molecule has 6 nitrogen and oxygen atoms in total. The summed E-state index contributed by atoms with van der Waals surface area (Å²) in [6, 6.07) is 15.0. The zero-order valence-electron chi connectivity index (χ0n) is 16.6. The number of rotatable bonds is 3. The van der Waals surface area contributed by atoms with Crippen LogP contribution in [0, 0.1) is 0 Å². The summed E-state index contributed by atoms with van der Waals surface area (Å²) >= 11 is 0. The Hall–Kier alpha value is -3.12. The Morgan fingerprint density at radius 3 is 2.20 bits per heavy atom. The Bertz CT molecular complexity index is 1140. The van der Waals surface area contributed by atoms with Gasteiger partial charge in [0.05, 0.1) is 5.56 Å². The first-order valence-electron chi connectivity index (χ1n) is 9.93. The first kappa shape index (κ1) is 21.6. The SMILES string of the molecule is Cl.NC(N)=NC(=O)c1cn(-c2ccc(C3CCCCC3)cc2)c(=O)c2ccccc12. The number of hydrogen-bond acceptors (Lipinski definition) is 2. The second-order valence-electron chi connectivity index (χ2n) is 7.53. The van der Waals surface area contributed by atoms with Crippen LogP contribution >= 0.6 is 12.4 Å². The van der Waals surface area contributed by atoms with Crippen molar-refractivity contribution < 1.29 is 4.79 Å². The van der Waals surface area contributed by atoms with Crippen LogP contribution in [-0.4, -0.2) is 16.4 Å². The summed E-state index contributed by atoms with van der Waals surface area (Å²) in [4.78, 5) is 29.3. The maximum Gasteiger partial charge on any atom is 0.282 e. The van der Waals surface area contributed by atoms with Gasteiger partial charge in [0.2, 0.25) is 0 Å². The van der Waals surface area contributed by atoms with E-state index < -0.39 is 5.91 Å². The molecule has 1 amide bonds. The lowest BCUT2D eigenvalue weighted by Crippen LogP contribution is -2.25. The number of aromatic nitrogens is 1. The van der Waals surface area contributed by atoms with Gasteiger partial charge in [-0.25, -0.2) is 0 Å². The van der Waals surface area contributed by atoms with E-state index in [1.807, 2.05) is 12.1 Å². The van der Waals surface area contributed by atoms with Crippen molar-refractivity contribution in [1.82, 2.24) is 4.57 Å². The van der Waals surface area contributed by atoms with Crippen molar-refractivity contribution in [2.45, 2.75) is 38.0 Å². The number of amides is 1. The van der Waals surface area contributed by atoms with Gasteiger partial charge in [-0.2, -0.15) is 4.99 Å². The molecule has 1 aliphatic carbocycles. The molecule has 156 valence electrons. The zero-order valence-corrected chi connectivity index (χ0v) is 17.4. The predicted octanol–water partition coefficient (Wildman–Crippen LogP) is 3.87. The molecule has 1 fully saturated rings. The van der Waals surface area contributed by atoms with Gasteiger partial charge in [-0.1, -0.05) is 49.6 Å². The number of fused-ring (bicyclic) bond motifs is 1. The van der Waals surface area contributed by atoms with Crippen molar-refractivity contribution >= 4 is 35.0 Å². The highest BCUT2D eigenvalue weighted by Gasteiger charge is 2.17. The van der Waals surface area contributed by atoms with Crippen molar-refractivity contribution in [2.75, 3.05) is 0 Å². The molecule has 0 radical (unpaired) electrons. The summed E-state index contributed by atoms with van der Waals surface area (Å²) in [7, 11) is 0. The first-order chi connectivity index (χ1) is 14.0. The van der Waals surface area contributed by atoms with E-state index in [0.29, 0.717) is 22.4 Å². The van der Waals surface area contributed by atoms with Crippen molar-refractivity contribution in [3.63, 3.8) is 0 Å². The molecule has 7 heteroatoms. The standard InChI is InChI=1S/C23H24N4O2.ClH/c24-23(25)26-21(28)20-14-27(22(29)19-9-5-4-8-18(19)20)17-12-10-16(11-13-17)15-6-2-1-3-7-15;/h4-5,8-15H,1-3,6-7H2,(H4,24,25,26,28);1H. The third kappa shape index (κ3) is 4.24. The number of guanidine groups is 1. The average Bonchev–Trinajstić information content (AvgIpc) is 2.74. The second kappa shape index (κ2) is 9.13. The number of nitrogens with two attached hydrogens (primary N) is 2. The molecule has 0 spiro atoms. The summed E-state index contributed by atoms with van der Waals surface area (Å²) in [6.07, 6.45) is 7.81. The highest BCUT2D eigenvalue weighted by molar-refractivity contribution is 6.10. The average molecular weight is 425 g/mol. The van der Waals surface area contributed by atoms with Crippen LogP contribution in [0.2, 0.25) is 0 Å². The van der Waals surface area contributed by atoms with Crippen LogP contribution in [0.5, 0.6) is 0 Å². The van der Waals surface area contributed by atoms with Crippen molar-refractivity contribution in [3.8, 4) is 5.69 Å². The minimum absolute atomic E-state index is 0. The molecule has 0 aliphatic heterocycles. The summed E-state index contributed by atoms with van der Waals surface area (Å²) in [5.74, 6) is -0.299. The van der Waals surface area contributed by atoms with Crippen LogP contribution in [0.1, 0.15) is 53.9 Å². The molecule has 1 saturated carbocycles. The Labute approximate surface area is 181 Å². The van der Waals surface area contributed by atoms with E-state index >= 15 is 0 Å². The minimum Gasteiger partial charge on any atom is -0.370 e. The van der Waals surface area contributed by atoms with Gasteiger partial charge in [-0.15, -0.1) is 12.4 Å². The third-order valence-corrected chi connectivity index (χ3v) is 5.63. The number of carbonyl (C=O) groups is 1. The van der Waals surface area contributed by atoms with Gasteiger partial charge in [0.15, 0.2) is 5.96 Å². The fourth-order valence-corrected chi connectivity index (χ4v) is 4.17. The summed E-state index contributed by atoms with van der Waals surface area (Å²) < 4.78 is 1.49. The van der Waals surface area contributed by atoms with E-state index in [1.54, 1.807) is 24.3 Å². The zero-order chi connectivity index (χ0) is 20.4. The molecule has 0 unspecified atom stereocenters. The molecule has 2 aromatic carbocycles. The van der Waals surface area contributed by atoms with Crippen LogP contribution in [0.3, 0.4) is 0 Å². The van der Waals surface area contributed by atoms with Crippen molar-refractivity contribution in [3.05, 3.63) is 76.2 Å². The number of hydrogen-bond donors (Lipinski definition) is 2. The van der Waals surface area contributed by atoms with Gasteiger partial charge in [0, 0.05) is 22.7 Å². The molecule has 0 atom stereocenters. The first-order valence-corrected chi connectivity index (χ1v) is 9.93. The molecule has 30 heavy (non-hydrogen) atoms. The smallest absolute Gasteiger partial charge is 0.282 e. The van der Waals surface area contributed by atoms with Crippen LogP contribution in [-0.2, 0) is 0 Å². The lowest BCUT2D eigenvalue weighted by Gasteiger charge is -2.22. The predicted molar refractivity (Wildman–Crippen MR) is 123 cm³/mol. The van der Waals surface area contributed by atoms with Crippen molar-refractivity contribution in [1.29, 1.82) is 0 Å². The molecule has 4 rings (SSSR count). The maximum absolute atomic E-state index is 13.1. The van der Waals surface area contributed by atoms with Crippen LogP contribution in [0.25, 0.3) is 16.5 Å². The highest BCUT2D eigenvalue weighted by atomic mass is 35.5. The van der Waals surface area contributed by atoms with E-state index in [4.69, 9.17) is 11.5 Å². The van der Waals surface area contributed by atoms with Gasteiger partial charge >= 0.3 is 0 Å². The number of halogens is 1. The fraction of sp³-hybridized carbons (Fsp3) is 0.261. The lowest BCUT2D eigenvalue weighted by molar-refractivity contribution is 0.100. The van der Waals surface area contributed by atoms with Crippen molar-refractivity contribution in [2.24, 2.45) is 16.5 Å². The van der Waals surface area contributed by atoms with Gasteiger partial charge < -0.3 is 11.5 Å². The summed E-state index contributed by atoms with van der Waals surface area (Å²) in [5, 5.41) is 0.975. The maximum atomic E-state index is 13.1. The molecule has 1 heterocycles. The molecule has 0 saturated heterocycles. The summed E-state index contributed by atoms with van der Waals surface area (Å²) in [5.41, 5.74) is 12.9. The minimum atomic E-state index is -0.575. The molecule has 1 aromatic heterocycles. The third-order valence-electron chi connectivity index (χ3n) is 5.63. The highest BCUT2D eigenvalue weighted by Crippen LogP contribution is 2.32. The number of carbonyl (C=O) groups excluding carboxylic acids is 1. The molecular formula is C23H25ClN4O2. The Morgan fingerprint density at radius 1 is 0.933 bits per heavy atom. The van der Waals surface area contributed by atoms with E-state index in [-0.39, 0.29) is 29.5 Å². The Balaban J connectivity index is 0.00000256. The summed E-state index contributed by atoms with van der Waals surface area (Å²) in [6.45, 7) is 0. The molecular weight excluding hydrogens is 400 g/mol. The number of aliphatic imine (C=N–C) groups is 1. The van der Waals surface area contributed by atoms with E-state index in [2.05, 4.69) is 17.1 Å².